The number of hydrogen-bond donors (Lipinski definition) is 3. The number of aromatic nitrogens is 3. The fraction of sp³-hybridized carbons (Fsp3) is 0. The van der Waals surface area contributed by atoms with Crippen LogP contribution in [0.4, 0.5) is 30.8 Å². The molecule has 94 valence electrons. The number of rotatable bonds is 2. The van der Waals surface area contributed by atoms with Gasteiger partial charge in [0.2, 0.25) is 16.7 Å². The molecule has 9 heteroatoms. The molecule has 0 unspecified atom stereocenters. The predicted octanol–water partition coefficient (Wildman–Crippen LogP) is 2.28. The number of hydrogen-bond acceptors (Lipinski definition) is 5. The zero-order chi connectivity index (χ0) is 13.3. The van der Waals surface area contributed by atoms with Crippen molar-refractivity contribution in [2.45, 2.75) is 0 Å². The summed E-state index contributed by atoms with van der Waals surface area (Å²) in [5.41, 5.74) is 5.33. The molecule has 0 fully saturated rings. The van der Waals surface area contributed by atoms with E-state index in [1.165, 1.54) is 0 Å². The molecular weight excluding hydrogens is 267 g/mol. The van der Waals surface area contributed by atoms with Gasteiger partial charge in [0, 0.05) is 17.8 Å². The Bertz CT molecular complexity index is 634. The van der Waals surface area contributed by atoms with E-state index in [0.29, 0.717) is 0 Å². The molecule has 1 aromatic carbocycles. The minimum Gasteiger partial charge on any atom is -0.369 e. The Morgan fingerprint density at radius 1 is 1.17 bits per heavy atom. The van der Waals surface area contributed by atoms with Crippen molar-refractivity contribution in [2.24, 2.45) is 0 Å². The fourth-order valence-electron chi connectivity index (χ4n) is 1.22. The van der Waals surface area contributed by atoms with Crippen molar-refractivity contribution in [3.05, 3.63) is 34.4 Å². The minimum absolute atomic E-state index is 0.0134. The maximum absolute atomic E-state index is 13.0. The molecule has 0 bridgehead atoms. The summed E-state index contributed by atoms with van der Waals surface area (Å²) < 4.78 is 38.6. The number of aromatic amines is 1. The van der Waals surface area contributed by atoms with E-state index in [-0.39, 0.29) is 22.4 Å². The summed E-state index contributed by atoms with van der Waals surface area (Å²) in [6.07, 6.45) is 0. The van der Waals surface area contributed by atoms with Crippen LogP contribution in [0.25, 0.3) is 0 Å². The average molecular weight is 273 g/mol. The summed E-state index contributed by atoms with van der Waals surface area (Å²) in [6, 6.07) is 1.54. The van der Waals surface area contributed by atoms with Crippen molar-refractivity contribution in [1.82, 2.24) is 15.0 Å². The summed E-state index contributed by atoms with van der Waals surface area (Å²) in [5.74, 6) is -4.16. The lowest BCUT2D eigenvalue weighted by Crippen LogP contribution is -2.04. The van der Waals surface area contributed by atoms with Crippen LogP contribution in [-0.4, -0.2) is 15.0 Å². The van der Waals surface area contributed by atoms with Crippen LogP contribution in [-0.2, 0) is 0 Å². The summed E-state index contributed by atoms with van der Waals surface area (Å²) >= 11 is 4.71. The van der Waals surface area contributed by atoms with Gasteiger partial charge in [0.05, 0.1) is 0 Å². The third-order valence-corrected chi connectivity index (χ3v) is 2.10. The Labute approximate surface area is 104 Å². The van der Waals surface area contributed by atoms with Crippen LogP contribution in [0, 0.1) is 22.2 Å². The number of benzene rings is 1. The SMILES string of the molecule is Nc1nc(=S)nc(Nc2cc(F)c(F)c(F)c2)[nH]1. The van der Waals surface area contributed by atoms with Crippen molar-refractivity contribution < 1.29 is 13.2 Å². The Morgan fingerprint density at radius 3 is 2.33 bits per heavy atom. The third kappa shape index (κ3) is 2.56. The molecular formula is C9H6F3N5S. The van der Waals surface area contributed by atoms with Crippen molar-refractivity contribution in [3.63, 3.8) is 0 Å². The topological polar surface area (TPSA) is 79.6 Å². The molecule has 0 aliphatic rings. The molecule has 5 nitrogen and oxygen atoms in total. The standard InChI is InChI=1S/C9H6F3N5S/c10-4-1-3(2-5(11)6(4)12)14-8-15-7(13)16-9(18)17-8/h1-2H,(H4,13,14,15,16,17,18). The highest BCUT2D eigenvalue weighted by molar-refractivity contribution is 7.71. The molecule has 1 aromatic heterocycles. The smallest absolute Gasteiger partial charge is 0.225 e. The molecule has 0 saturated heterocycles. The Hall–Kier alpha value is -2.16. The zero-order valence-corrected chi connectivity index (χ0v) is 9.49. The van der Waals surface area contributed by atoms with Gasteiger partial charge in [-0.25, -0.2) is 13.2 Å². The van der Waals surface area contributed by atoms with E-state index in [0.717, 1.165) is 12.1 Å². The van der Waals surface area contributed by atoms with Crippen LogP contribution in [0.5, 0.6) is 0 Å². The molecule has 2 rings (SSSR count). The van der Waals surface area contributed by atoms with Gasteiger partial charge in [-0.3, -0.25) is 4.98 Å². The van der Waals surface area contributed by atoms with Gasteiger partial charge in [-0.05, 0) is 12.2 Å². The van der Waals surface area contributed by atoms with Gasteiger partial charge < -0.3 is 11.1 Å². The lowest BCUT2D eigenvalue weighted by atomic mass is 10.3. The maximum Gasteiger partial charge on any atom is 0.225 e. The van der Waals surface area contributed by atoms with Crippen LogP contribution in [0.1, 0.15) is 0 Å². The predicted molar refractivity (Wildman–Crippen MR) is 61.2 cm³/mol. The van der Waals surface area contributed by atoms with Gasteiger partial charge >= 0.3 is 0 Å². The molecule has 0 spiro atoms. The Kier molecular flexibility index (Phi) is 3.15. The van der Waals surface area contributed by atoms with E-state index in [9.17, 15) is 13.2 Å². The third-order valence-electron chi connectivity index (χ3n) is 1.92. The zero-order valence-electron chi connectivity index (χ0n) is 8.67. The second-order valence-electron chi connectivity index (χ2n) is 3.24. The fourth-order valence-corrected chi connectivity index (χ4v) is 1.41. The number of H-pyrrole nitrogens is 1. The first-order chi connectivity index (χ1) is 8.45. The number of nitrogens with one attached hydrogen (secondary N) is 2. The summed E-state index contributed by atoms with van der Waals surface area (Å²) in [6.45, 7) is 0. The van der Waals surface area contributed by atoms with Crippen molar-refractivity contribution in [1.29, 1.82) is 0 Å². The highest BCUT2D eigenvalue weighted by Gasteiger charge is 2.11. The molecule has 4 N–H and O–H groups in total. The summed E-state index contributed by atoms with van der Waals surface area (Å²) in [4.78, 5) is 9.82. The molecule has 1 heterocycles. The van der Waals surface area contributed by atoms with E-state index >= 15 is 0 Å². The van der Waals surface area contributed by atoms with Gasteiger partial charge in [0.25, 0.3) is 0 Å². The van der Waals surface area contributed by atoms with Gasteiger partial charge in [-0.1, -0.05) is 0 Å². The highest BCUT2D eigenvalue weighted by Crippen LogP contribution is 2.19. The lowest BCUT2D eigenvalue weighted by Gasteiger charge is -2.06. The average Bonchev–Trinajstić information content (AvgIpc) is 2.24. The van der Waals surface area contributed by atoms with Crippen molar-refractivity contribution in [2.75, 3.05) is 11.1 Å². The van der Waals surface area contributed by atoms with Gasteiger partial charge in [-0.15, -0.1) is 0 Å². The van der Waals surface area contributed by atoms with E-state index in [4.69, 9.17) is 18.0 Å². The van der Waals surface area contributed by atoms with E-state index in [1.54, 1.807) is 0 Å². The molecule has 0 aliphatic carbocycles. The number of halogens is 3. The quantitative estimate of drug-likeness (QED) is 0.578. The first-order valence-electron chi connectivity index (χ1n) is 4.61. The monoisotopic (exact) mass is 273 g/mol. The molecule has 0 saturated carbocycles. The Balaban J connectivity index is 2.37. The Morgan fingerprint density at radius 2 is 1.78 bits per heavy atom. The van der Waals surface area contributed by atoms with Crippen molar-refractivity contribution in [3.8, 4) is 0 Å². The van der Waals surface area contributed by atoms with E-state index in [2.05, 4.69) is 20.3 Å². The number of anilines is 3. The molecule has 0 amide bonds. The summed E-state index contributed by atoms with van der Waals surface area (Å²) in [5, 5.41) is 2.49. The van der Waals surface area contributed by atoms with Crippen LogP contribution in [0.2, 0.25) is 0 Å². The number of nitrogens with two attached hydrogens (primary N) is 1. The van der Waals surface area contributed by atoms with Crippen LogP contribution in [0.3, 0.4) is 0 Å². The first kappa shape index (κ1) is 12.3. The van der Waals surface area contributed by atoms with Crippen LogP contribution >= 0.6 is 12.2 Å². The van der Waals surface area contributed by atoms with Crippen LogP contribution in [0.15, 0.2) is 12.1 Å². The second kappa shape index (κ2) is 4.61. The minimum atomic E-state index is -1.55. The van der Waals surface area contributed by atoms with Crippen molar-refractivity contribution >= 4 is 29.8 Å². The summed E-state index contributed by atoms with van der Waals surface area (Å²) in [7, 11) is 0. The lowest BCUT2D eigenvalue weighted by molar-refractivity contribution is 0.448. The highest BCUT2D eigenvalue weighted by atomic mass is 32.1. The van der Waals surface area contributed by atoms with Gasteiger partial charge in [-0.2, -0.15) is 9.97 Å². The number of nitrogen functional groups attached to an aromatic ring is 1. The molecule has 18 heavy (non-hydrogen) atoms. The molecule has 0 aliphatic heterocycles. The second-order valence-corrected chi connectivity index (χ2v) is 3.61. The molecule has 0 atom stereocenters. The van der Waals surface area contributed by atoms with E-state index in [1.807, 2.05) is 0 Å². The van der Waals surface area contributed by atoms with Gasteiger partial charge in [0.1, 0.15) is 0 Å². The molecule has 2 aromatic rings. The van der Waals surface area contributed by atoms with E-state index < -0.39 is 17.5 Å². The maximum atomic E-state index is 13.0. The normalized spacial score (nSPS) is 10.4. The largest absolute Gasteiger partial charge is 0.369 e. The molecule has 0 radical (unpaired) electrons. The van der Waals surface area contributed by atoms with Gasteiger partial charge in [0.15, 0.2) is 17.5 Å². The first-order valence-corrected chi connectivity index (χ1v) is 5.02. The van der Waals surface area contributed by atoms with Crippen LogP contribution < -0.4 is 11.1 Å². The number of nitrogens with zero attached hydrogens (tertiary/aromatic N) is 2.